The van der Waals surface area contributed by atoms with Crippen LogP contribution in [0.5, 0.6) is 0 Å². The third-order valence-corrected chi connectivity index (χ3v) is 5.16. The zero-order valence-corrected chi connectivity index (χ0v) is 13.1. The monoisotopic (exact) mass is 321 g/mol. The van der Waals surface area contributed by atoms with Crippen molar-refractivity contribution < 1.29 is 12.6 Å². The van der Waals surface area contributed by atoms with Crippen LogP contribution < -0.4 is 0 Å². The Bertz CT molecular complexity index is 806. The first-order valence-electron chi connectivity index (χ1n) is 6.21. The molecular weight excluding hydrogens is 306 g/mol. The summed E-state index contributed by atoms with van der Waals surface area (Å²) >= 11 is 0. The standard InChI is InChI=1S/C8H7N.C7H8O3S2/c1-2-4-8-7(3-1)5-6-9-8;1-6-2-4-7(5-3-6)12(9,10)11-8/h1-6,9H;2-5,11H,1H3. The van der Waals surface area contributed by atoms with Gasteiger partial charge in [0.15, 0.2) is 0 Å². The van der Waals surface area contributed by atoms with Gasteiger partial charge in [-0.2, -0.15) is 0 Å². The fourth-order valence-corrected chi connectivity index (χ4v) is 2.94. The molecule has 6 heteroatoms. The largest absolute Gasteiger partial charge is 0.361 e. The number of aromatic nitrogens is 1. The second kappa shape index (κ2) is 6.69. The lowest BCUT2D eigenvalue weighted by molar-refractivity contribution is 0.607. The van der Waals surface area contributed by atoms with Gasteiger partial charge < -0.3 is 4.98 Å². The number of hydrogen-bond donors (Lipinski definition) is 2. The quantitative estimate of drug-likeness (QED) is 0.563. The Kier molecular flexibility index (Phi) is 4.93. The van der Waals surface area contributed by atoms with Gasteiger partial charge in [0.1, 0.15) is 10.7 Å². The minimum absolute atomic E-state index is 0.0877. The van der Waals surface area contributed by atoms with Gasteiger partial charge in [0, 0.05) is 11.7 Å². The predicted octanol–water partition coefficient (Wildman–Crippen LogP) is 2.80. The second-order valence-electron chi connectivity index (χ2n) is 4.43. The minimum Gasteiger partial charge on any atom is -0.361 e. The van der Waals surface area contributed by atoms with Crippen LogP contribution in [0.15, 0.2) is 65.7 Å². The molecular formula is C15H15NO3S2. The average Bonchev–Trinajstić information content (AvgIpc) is 2.97. The van der Waals surface area contributed by atoms with Crippen LogP contribution >= 0.6 is 0 Å². The molecule has 3 aromatic rings. The van der Waals surface area contributed by atoms with Crippen molar-refractivity contribution in [3.05, 3.63) is 66.4 Å². The molecule has 0 aliphatic heterocycles. The van der Waals surface area contributed by atoms with Crippen LogP contribution in [0.3, 0.4) is 0 Å². The van der Waals surface area contributed by atoms with E-state index in [1.165, 1.54) is 23.0 Å². The summed E-state index contributed by atoms with van der Waals surface area (Å²) in [5.41, 5.74) is 2.18. The Morgan fingerprint density at radius 3 is 2.24 bits per heavy atom. The van der Waals surface area contributed by atoms with E-state index in [2.05, 4.69) is 23.2 Å². The van der Waals surface area contributed by atoms with Crippen molar-refractivity contribution in [2.24, 2.45) is 0 Å². The molecule has 0 saturated heterocycles. The maximum absolute atomic E-state index is 11.0. The normalized spacial score (nSPS) is 10.9. The van der Waals surface area contributed by atoms with Crippen molar-refractivity contribution in [2.45, 2.75) is 11.8 Å². The Hall–Kier alpha value is -1.92. The SMILES string of the molecule is Cc1ccc(S(=O)(=O)[SH]=O)cc1.c1ccc2[nH]ccc2c1. The highest BCUT2D eigenvalue weighted by molar-refractivity contribution is 8.56. The molecule has 0 spiro atoms. The molecule has 0 aliphatic rings. The smallest absolute Gasteiger partial charge is 0.255 e. The van der Waals surface area contributed by atoms with E-state index >= 15 is 0 Å². The highest BCUT2D eigenvalue weighted by Crippen LogP contribution is 2.10. The molecule has 1 heterocycles. The van der Waals surface area contributed by atoms with Crippen molar-refractivity contribution >= 4 is 30.5 Å². The van der Waals surface area contributed by atoms with E-state index in [9.17, 15) is 12.6 Å². The first-order valence-corrected chi connectivity index (χ1v) is 9.11. The molecule has 1 aromatic heterocycles. The predicted molar refractivity (Wildman–Crippen MR) is 86.2 cm³/mol. The zero-order valence-electron chi connectivity index (χ0n) is 11.4. The van der Waals surface area contributed by atoms with E-state index < -0.39 is 19.6 Å². The molecule has 2 aromatic carbocycles. The van der Waals surface area contributed by atoms with E-state index in [4.69, 9.17) is 0 Å². The topological polar surface area (TPSA) is 67.0 Å². The highest BCUT2D eigenvalue weighted by atomic mass is 33.1. The van der Waals surface area contributed by atoms with Crippen molar-refractivity contribution in [1.82, 2.24) is 4.98 Å². The Morgan fingerprint density at radius 2 is 1.62 bits per heavy atom. The fraction of sp³-hybridized carbons (Fsp3) is 0.0667. The van der Waals surface area contributed by atoms with Gasteiger partial charge in [0.05, 0.1) is 4.90 Å². The van der Waals surface area contributed by atoms with E-state index in [0.29, 0.717) is 0 Å². The Labute approximate surface area is 126 Å². The van der Waals surface area contributed by atoms with Gasteiger partial charge in [-0.15, -0.1) is 0 Å². The maximum atomic E-state index is 11.0. The number of aromatic amines is 1. The van der Waals surface area contributed by atoms with Crippen LogP contribution in [0.4, 0.5) is 0 Å². The maximum Gasteiger partial charge on any atom is 0.255 e. The number of H-pyrrole nitrogens is 1. The van der Waals surface area contributed by atoms with E-state index in [1.54, 1.807) is 12.1 Å². The van der Waals surface area contributed by atoms with Gasteiger partial charge in [-0.05, 0) is 36.6 Å². The number of benzene rings is 2. The summed E-state index contributed by atoms with van der Waals surface area (Å²) < 4.78 is 32.2. The van der Waals surface area contributed by atoms with E-state index in [0.717, 1.165) is 5.56 Å². The lowest BCUT2D eigenvalue weighted by Gasteiger charge is -1.95. The number of hydrogen-bond acceptors (Lipinski definition) is 3. The van der Waals surface area contributed by atoms with Gasteiger partial charge in [0.2, 0.25) is 0 Å². The average molecular weight is 321 g/mol. The number of nitrogens with one attached hydrogen (secondary N) is 1. The highest BCUT2D eigenvalue weighted by Gasteiger charge is 2.10. The van der Waals surface area contributed by atoms with E-state index in [1.807, 2.05) is 25.3 Å². The van der Waals surface area contributed by atoms with Crippen molar-refractivity contribution in [1.29, 1.82) is 0 Å². The number of fused-ring (bicyclic) bond motifs is 1. The number of aryl methyl sites for hydroxylation is 1. The minimum atomic E-state index is -3.60. The summed E-state index contributed by atoms with van der Waals surface area (Å²) in [6.07, 6.45) is 1.95. The summed E-state index contributed by atoms with van der Waals surface area (Å²) in [7, 11) is -4.45. The van der Waals surface area contributed by atoms with Gasteiger partial charge in [-0.3, -0.25) is 0 Å². The van der Waals surface area contributed by atoms with Gasteiger partial charge in [0.25, 0.3) is 8.87 Å². The number of thiol groups is 1. The molecule has 0 bridgehead atoms. The Morgan fingerprint density at radius 1 is 0.952 bits per heavy atom. The lowest BCUT2D eigenvalue weighted by atomic mass is 10.2. The molecule has 1 N–H and O–H groups in total. The molecule has 0 radical (unpaired) electrons. The fourth-order valence-electron chi connectivity index (χ4n) is 1.75. The molecule has 21 heavy (non-hydrogen) atoms. The Balaban J connectivity index is 0.000000159. The van der Waals surface area contributed by atoms with Crippen molar-refractivity contribution in [3.63, 3.8) is 0 Å². The first-order chi connectivity index (χ1) is 10.0. The number of rotatable bonds is 2. The molecule has 3 rings (SSSR count). The summed E-state index contributed by atoms with van der Waals surface area (Å²) in [6.45, 7) is 1.85. The van der Waals surface area contributed by atoms with Gasteiger partial charge in [-0.25, -0.2) is 12.6 Å². The summed E-state index contributed by atoms with van der Waals surface area (Å²) in [6, 6.07) is 16.5. The molecule has 4 nitrogen and oxygen atoms in total. The number of para-hydroxylation sites is 1. The third kappa shape index (κ3) is 4.03. The molecule has 110 valence electrons. The van der Waals surface area contributed by atoms with Crippen LogP contribution in [0.1, 0.15) is 5.56 Å². The molecule has 0 saturated carbocycles. The van der Waals surface area contributed by atoms with Crippen LogP contribution in [-0.2, 0) is 19.6 Å². The molecule has 0 fully saturated rings. The van der Waals surface area contributed by atoms with E-state index in [-0.39, 0.29) is 4.90 Å². The van der Waals surface area contributed by atoms with Gasteiger partial charge in [-0.1, -0.05) is 35.9 Å². The van der Waals surface area contributed by atoms with Crippen LogP contribution in [0.25, 0.3) is 10.9 Å². The second-order valence-corrected chi connectivity index (χ2v) is 7.89. The summed E-state index contributed by atoms with van der Waals surface area (Å²) in [5.74, 6) is 0. The molecule has 0 aliphatic carbocycles. The van der Waals surface area contributed by atoms with Crippen LogP contribution in [0, 0.1) is 6.92 Å². The van der Waals surface area contributed by atoms with Crippen LogP contribution in [0.2, 0.25) is 0 Å². The molecule has 0 atom stereocenters. The molecule has 0 amide bonds. The summed E-state index contributed by atoms with van der Waals surface area (Å²) in [4.78, 5) is 3.21. The van der Waals surface area contributed by atoms with Crippen molar-refractivity contribution in [2.75, 3.05) is 0 Å². The summed E-state index contributed by atoms with van der Waals surface area (Å²) in [5, 5.41) is 1.28. The zero-order chi connectivity index (χ0) is 15.3. The first kappa shape index (κ1) is 15.5. The van der Waals surface area contributed by atoms with Crippen LogP contribution in [-0.4, -0.2) is 17.6 Å². The van der Waals surface area contributed by atoms with Crippen molar-refractivity contribution in [3.8, 4) is 0 Å². The van der Waals surface area contributed by atoms with Gasteiger partial charge >= 0.3 is 0 Å². The third-order valence-electron chi connectivity index (χ3n) is 2.88. The molecule has 0 unspecified atom stereocenters. The lowest BCUT2D eigenvalue weighted by Crippen LogP contribution is -1.97.